The Balaban J connectivity index is 1.62. The number of rotatable bonds is 7. The number of ether oxygens (including phenoxy) is 1. The summed E-state index contributed by atoms with van der Waals surface area (Å²) in [6.07, 6.45) is 3.27. The molecule has 0 atom stereocenters. The molecule has 2 N–H and O–H groups in total. The molecule has 2 heterocycles. The minimum atomic E-state index is -0.505. The number of anilines is 2. The van der Waals surface area contributed by atoms with E-state index in [2.05, 4.69) is 25.8 Å². The maximum Gasteiger partial charge on any atom is 0.308 e. The van der Waals surface area contributed by atoms with Gasteiger partial charge in [-0.15, -0.1) is 0 Å². The Morgan fingerprint density at radius 3 is 2.77 bits per heavy atom. The summed E-state index contributed by atoms with van der Waals surface area (Å²) < 4.78 is 9.62. The Labute approximate surface area is 126 Å². The minimum Gasteiger partial charge on any atom is -0.456 e. The first-order valence-electron chi connectivity index (χ1n) is 6.53. The minimum absolute atomic E-state index is 0.0919. The number of hydrogen-bond acceptors (Lipinski definition) is 8. The van der Waals surface area contributed by atoms with Crippen LogP contribution in [-0.2, 0) is 14.3 Å². The number of nitrogens with one attached hydrogen (secondary N) is 2. The fraction of sp³-hybridized carbons (Fsp3) is 0.308. The van der Waals surface area contributed by atoms with Crippen LogP contribution in [-0.4, -0.2) is 40.2 Å². The largest absolute Gasteiger partial charge is 0.456 e. The van der Waals surface area contributed by atoms with Crippen molar-refractivity contribution in [1.82, 2.24) is 15.1 Å². The van der Waals surface area contributed by atoms with Crippen molar-refractivity contribution in [1.29, 1.82) is 0 Å². The van der Waals surface area contributed by atoms with E-state index < -0.39 is 11.9 Å². The molecule has 9 nitrogen and oxygen atoms in total. The third-order valence-electron chi connectivity index (χ3n) is 2.44. The van der Waals surface area contributed by atoms with Crippen molar-refractivity contribution in [2.75, 3.05) is 23.8 Å². The number of aryl methyl sites for hydroxylation is 1. The number of carbonyl (C=O) groups excluding carboxylic acids is 2. The highest BCUT2D eigenvalue weighted by Crippen LogP contribution is 2.06. The van der Waals surface area contributed by atoms with Crippen molar-refractivity contribution >= 4 is 23.6 Å². The first-order chi connectivity index (χ1) is 10.6. The summed E-state index contributed by atoms with van der Waals surface area (Å²) in [5.41, 5.74) is 0. The van der Waals surface area contributed by atoms with E-state index in [1.54, 1.807) is 31.5 Å². The lowest BCUT2D eigenvalue weighted by atomic mass is 10.4. The quantitative estimate of drug-likeness (QED) is 0.719. The maximum absolute atomic E-state index is 11.5. The zero-order valence-electron chi connectivity index (χ0n) is 11.9. The van der Waals surface area contributed by atoms with Gasteiger partial charge in [-0.1, -0.05) is 5.16 Å². The van der Waals surface area contributed by atoms with E-state index in [0.717, 1.165) is 0 Å². The van der Waals surface area contributed by atoms with Crippen molar-refractivity contribution in [3.63, 3.8) is 0 Å². The van der Waals surface area contributed by atoms with Gasteiger partial charge in [0.15, 0.2) is 12.4 Å². The molecule has 1 amide bonds. The first kappa shape index (κ1) is 15.4. The van der Waals surface area contributed by atoms with Gasteiger partial charge in [0.25, 0.3) is 5.91 Å². The SMILES string of the molecule is Cc1cc(NC(=O)COC(=O)CCNc2ncccn2)no1. The van der Waals surface area contributed by atoms with Gasteiger partial charge in [0.1, 0.15) is 5.76 Å². The van der Waals surface area contributed by atoms with Gasteiger partial charge in [-0.05, 0) is 13.0 Å². The predicted molar refractivity (Wildman–Crippen MR) is 76.0 cm³/mol. The van der Waals surface area contributed by atoms with Crippen molar-refractivity contribution in [2.24, 2.45) is 0 Å². The number of esters is 1. The molecule has 0 aliphatic rings. The fourth-order valence-electron chi connectivity index (χ4n) is 1.49. The van der Waals surface area contributed by atoms with E-state index in [-0.39, 0.29) is 18.8 Å². The van der Waals surface area contributed by atoms with Gasteiger partial charge < -0.3 is 19.9 Å². The van der Waals surface area contributed by atoms with Gasteiger partial charge in [0.2, 0.25) is 5.95 Å². The third-order valence-corrected chi connectivity index (χ3v) is 2.44. The van der Waals surface area contributed by atoms with E-state index in [1.165, 1.54) is 0 Å². The highest BCUT2D eigenvalue weighted by atomic mass is 16.5. The second-order valence-electron chi connectivity index (χ2n) is 4.28. The molecule has 116 valence electrons. The van der Waals surface area contributed by atoms with E-state index in [0.29, 0.717) is 18.3 Å². The van der Waals surface area contributed by atoms with Gasteiger partial charge in [0, 0.05) is 25.0 Å². The van der Waals surface area contributed by atoms with Crippen LogP contribution < -0.4 is 10.6 Å². The number of nitrogens with zero attached hydrogens (tertiary/aromatic N) is 3. The molecule has 0 aromatic carbocycles. The Morgan fingerprint density at radius 2 is 2.09 bits per heavy atom. The number of carbonyl (C=O) groups is 2. The maximum atomic E-state index is 11.5. The molecular formula is C13H15N5O4. The summed E-state index contributed by atoms with van der Waals surface area (Å²) in [6, 6.07) is 3.25. The molecule has 9 heteroatoms. The standard InChI is InChI=1S/C13H15N5O4/c1-9-7-10(18-22-9)17-11(19)8-21-12(20)3-6-16-13-14-4-2-5-15-13/h2,4-5,7H,3,6,8H2,1H3,(H,14,15,16)(H,17,18,19). The van der Waals surface area contributed by atoms with Crippen LogP contribution in [0.4, 0.5) is 11.8 Å². The van der Waals surface area contributed by atoms with Crippen molar-refractivity contribution in [3.8, 4) is 0 Å². The monoisotopic (exact) mass is 305 g/mol. The molecule has 2 aromatic rings. The van der Waals surface area contributed by atoms with Gasteiger partial charge in [0.05, 0.1) is 6.42 Å². The van der Waals surface area contributed by atoms with E-state index in [9.17, 15) is 9.59 Å². The molecule has 22 heavy (non-hydrogen) atoms. The molecule has 0 aliphatic carbocycles. The Bertz CT molecular complexity index is 628. The molecule has 0 saturated carbocycles. The first-order valence-corrected chi connectivity index (χ1v) is 6.53. The van der Waals surface area contributed by atoms with Gasteiger partial charge in [-0.25, -0.2) is 9.97 Å². The molecule has 0 spiro atoms. The number of aromatic nitrogens is 3. The van der Waals surface area contributed by atoms with Crippen LogP contribution in [0.3, 0.4) is 0 Å². The molecular weight excluding hydrogens is 290 g/mol. The molecule has 2 aromatic heterocycles. The molecule has 0 radical (unpaired) electrons. The number of hydrogen-bond donors (Lipinski definition) is 2. The Hall–Kier alpha value is -2.97. The van der Waals surface area contributed by atoms with E-state index >= 15 is 0 Å². The second-order valence-corrected chi connectivity index (χ2v) is 4.28. The van der Waals surface area contributed by atoms with Crippen LogP contribution in [0.2, 0.25) is 0 Å². The Kier molecular flexibility index (Phi) is 5.41. The molecule has 0 unspecified atom stereocenters. The van der Waals surface area contributed by atoms with Crippen LogP contribution in [0.25, 0.3) is 0 Å². The van der Waals surface area contributed by atoms with Gasteiger partial charge in [-0.3, -0.25) is 9.59 Å². The summed E-state index contributed by atoms with van der Waals surface area (Å²) in [5.74, 6) is 0.285. The smallest absolute Gasteiger partial charge is 0.308 e. The average Bonchev–Trinajstić information content (AvgIpc) is 2.91. The lowest BCUT2D eigenvalue weighted by Crippen LogP contribution is -2.22. The lowest BCUT2D eigenvalue weighted by Gasteiger charge is -2.05. The highest BCUT2D eigenvalue weighted by molar-refractivity contribution is 5.91. The van der Waals surface area contributed by atoms with Crippen LogP contribution in [0.15, 0.2) is 29.0 Å². The third kappa shape index (κ3) is 5.19. The van der Waals surface area contributed by atoms with Crippen molar-refractivity contribution in [2.45, 2.75) is 13.3 Å². The molecule has 0 bridgehead atoms. The predicted octanol–water partition coefficient (Wildman–Crippen LogP) is 0.757. The average molecular weight is 305 g/mol. The fourth-order valence-corrected chi connectivity index (χ4v) is 1.49. The van der Waals surface area contributed by atoms with E-state index in [4.69, 9.17) is 9.26 Å². The van der Waals surface area contributed by atoms with Crippen molar-refractivity contribution < 1.29 is 18.8 Å². The van der Waals surface area contributed by atoms with Gasteiger partial charge in [-0.2, -0.15) is 0 Å². The normalized spacial score (nSPS) is 10.0. The lowest BCUT2D eigenvalue weighted by molar-refractivity contribution is -0.147. The summed E-state index contributed by atoms with van der Waals surface area (Å²) in [6.45, 7) is 1.63. The molecule has 0 fully saturated rings. The summed E-state index contributed by atoms with van der Waals surface area (Å²) in [7, 11) is 0. The highest BCUT2D eigenvalue weighted by Gasteiger charge is 2.09. The topological polar surface area (TPSA) is 119 Å². The van der Waals surface area contributed by atoms with Crippen LogP contribution in [0.1, 0.15) is 12.2 Å². The summed E-state index contributed by atoms with van der Waals surface area (Å²) in [5, 5.41) is 8.90. The zero-order valence-corrected chi connectivity index (χ0v) is 11.9. The van der Waals surface area contributed by atoms with Crippen LogP contribution in [0, 0.1) is 6.92 Å². The molecule has 0 saturated heterocycles. The Morgan fingerprint density at radius 1 is 1.32 bits per heavy atom. The molecule has 0 aliphatic heterocycles. The van der Waals surface area contributed by atoms with Crippen LogP contribution in [0.5, 0.6) is 0 Å². The second kappa shape index (κ2) is 7.72. The van der Waals surface area contributed by atoms with Gasteiger partial charge >= 0.3 is 5.97 Å². The van der Waals surface area contributed by atoms with Crippen molar-refractivity contribution in [3.05, 3.63) is 30.3 Å². The summed E-state index contributed by atoms with van der Waals surface area (Å²) in [4.78, 5) is 30.9. The van der Waals surface area contributed by atoms with Crippen LogP contribution >= 0.6 is 0 Å². The number of amides is 1. The summed E-state index contributed by atoms with van der Waals surface area (Å²) >= 11 is 0. The van der Waals surface area contributed by atoms with E-state index in [1.807, 2.05) is 0 Å². The zero-order chi connectivity index (χ0) is 15.8. The molecule has 2 rings (SSSR count).